The highest BCUT2D eigenvalue weighted by atomic mass is 79.9. The first-order chi connectivity index (χ1) is 11.9. The number of fused-ring (bicyclic) bond motifs is 1. The number of rotatable bonds is 4. The van der Waals surface area contributed by atoms with Crippen LogP contribution in [0.3, 0.4) is 0 Å². The van der Waals surface area contributed by atoms with Crippen LogP contribution in [0.15, 0.2) is 51.8 Å². The Kier molecular flexibility index (Phi) is 5.24. The Balaban J connectivity index is 1.71. The van der Waals surface area contributed by atoms with Gasteiger partial charge in [0.1, 0.15) is 0 Å². The number of hydrogen-bond donors (Lipinski definition) is 1. The van der Waals surface area contributed by atoms with Gasteiger partial charge in [-0.05, 0) is 37.3 Å². The zero-order chi connectivity index (χ0) is 18.0. The molecular formula is C18H14BrNO4S. The van der Waals surface area contributed by atoms with E-state index in [4.69, 9.17) is 4.74 Å². The second-order valence-electron chi connectivity index (χ2n) is 5.47. The standard InChI is InChI=1S/C18H14BrNO4S/c1-10(17(22)11-2-5-13(19)6-3-11)24-18(23)12-4-7-15-14(8-12)20-16(21)9-25-15/h2-8,10H,9H2,1H3,(H,20,21). The molecule has 1 atom stereocenters. The van der Waals surface area contributed by atoms with Crippen LogP contribution in [-0.4, -0.2) is 29.5 Å². The number of ether oxygens (including phenoxy) is 1. The lowest BCUT2D eigenvalue weighted by molar-refractivity contribution is -0.113. The maximum absolute atomic E-state index is 12.3. The van der Waals surface area contributed by atoms with Crippen LogP contribution >= 0.6 is 27.7 Å². The number of halogens is 1. The number of benzene rings is 2. The van der Waals surface area contributed by atoms with Gasteiger partial charge in [-0.1, -0.05) is 28.1 Å². The van der Waals surface area contributed by atoms with E-state index in [1.807, 2.05) is 0 Å². The van der Waals surface area contributed by atoms with Crippen LogP contribution in [0.4, 0.5) is 5.69 Å². The number of anilines is 1. The van der Waals surface area contributed by atoms with Gasteiger partial charge >= 0.3 is 5.97 Å². The van der Waals surface area contributed by atoms with Crippen molar-refractivity contribution in [3.05, 3.63) is 58.1 Å². The Hall–Kier alpha value is -2.12. The Bertz CT molecular complexity index is 851. The monoisotopic (exact) mass is 419 g/mol. The van der Waals surface area contributed by atoms with E-state index in [9.17, 15) is 14.4 Å². The molecule has 1 amide bonds. The molecule has 0 fully saturated rings. The van der Waals surface area contributed by atoms with Crippen LogP contribution in [0, 0.1) is 0 Å². The normalized spacial score (nSPS) is 14.2. The van der Waals surface area contributed by atoms with Gasteiger partial charge in [0, 0.05) is 14.9 Å². The first-order valence-corrected chi connectivity index (χ1v) is 9.29. The van der Waals surface area contributed by atoms with Crippen molar-refractivity contribution >= 4 is 51.0 Å². The highest BCUT2D eigenvalue weighted by Gasteiger charge is 2.22. The lowest BCUT2D eigenvalue weighted by Crippen LogP contribution is -2.25. The van der Waals surface area contributed by atoms with Crippen molar-refractivity contribution < 1.29 is 19.1 Å². The first kappa shape index (κ1) is 17.7. The fourth-order valence-electron chi connectivity index (χ4n) is 2.34. The molecule has 3 rings (SSSR count). The lowest BCUT2D eigenvalue weighted by Gasteiger charge is -2.17. The van der Waals surface area contributed by atoms with Gasteiger partial charge in [-0.25, -0.2) is 4.79 Å². The van der Waals surface area contributed by atoms with Gasteiger partial charge in [0.05, 0.1) is 17.0 Å². The van der Waals surface area contributed by atoms with Crippen LogP contribution < -0.4 is 5.32 Å². The smallest absolute Gasteiger partial charge is 0.338 e. The number of hydrogen-bond acceptors (Lipinski definition) is 5. The first-order valence-electron chi connectivity index (χ1n) is 7.51. The number of Topliss-reactive ketones (excluding diaryl/α,β-unsaturated/α-hetero) is 1. The molecule has 1 unspecified atom stereocenters. The fraction of sp³-hybridized carbons (Fsp3) is 0.167. The summed E-state index contributed by atoms with van der Waals surface area (Å²) in [5.74, 6) is -0.634. The summed E-state index contributed by atoms with van der Waals surface area (Å²) >= 11 is 4.72. The third-order valence-electron chi connectivity index (χ3n) is 3.63. The molecule has 0 saturated carbocycles. The van der Waals surface area contributed by atoms with Crippen molar-refractivity contribution in [2.24, 2.45) is 0 Å². The molecular weight excluding hydrogens is 406 g/mol. The van der Waals surface area contributed by atoms with Gasteiger partial charge < -0.3 is 10.1 Å². The summed E-state index contributed by atoms with van der Waals surface area (Å²) in [5, 5.41) is 2.72. The number of thioether (sulfide) groups is 1. The molecule has 0 aliphatic carbocycles. The van der Waals surface area contributed by atoms with Crippen molar-refractivity contribution in [2.75, 3.05) is 11.1 Å². The van der Waals surface area contributed by atoms with Crippen molar-refractivity contribution in [1.82, 2.24) is 0 Å². The minimum absolute atomic E-state index is 0.109. The van der Waals surface area contributed by atoms with Crippen molar-refractivity contribution in [3.8, 4) is 0 Å². The molecule has 0 bridgehead atoms. The molecule has 0 spiro atoms. The number of ketones is 1. The van der Waals surface area contributed by atoms with E-state index < -0.39 is 12.1 Å². The third kappa shape index (κ3) is 4.11. The molecule has 0 radical (unpaired) electrons. The van der Waals surface area contributed by atoms with E-state index in [0.29, 0.717) is 17.0 Å². The molecule has 1 N–H and O–H groups in total. The predicted octanol–water partition coefficient (Wildman–Crippen LogP) is 3.92. The van der Waals surface area contributed by atoms with Gasteiger partial charge in [0.2, 0.25) is 11.7 Å². The molecule has 7 heteroatoms. The van der Waals surface area contributed by atoms with E-state index >= 15 is 0 Å². The summed E-state index contributed by atoms with van der Waals surface area (Å²) in [7, 11) is 0. The summed E-state index contributed by atoms with van der Waals surface area (Å²) in [5.41, 5.74) is 1.34. The number of nitrogens with one attached hydrogen (secondary N) is 1. The summed E-state index contributed by atoms with van der Waals surface area (Å²) < 4.78 is 6.14. The quantitative estimate of drug-likeness (QED) is 0.600. The second-order valence-corrected chi connectivity index (χ2v) is 7.40. The molecule has 1 aliphatic rings. The summed E-state index contributed by atoms with van der Waals surface area (Å²) in [6, 6.07) is 11.8. The van der Waals surface area contributed by atoms with Crippen molar-refractivity contribution in [2.45, 2.75) is 17.9 Å². The Morgan fingerprint density at radius 3 is 2.56 bits per heavy atom. The van der Waals surface area contributed by atoms with Gasteiger partial charge in [-0.15, -0.1) is 11.8 Å². The van der Waals surface area contributed by atoms with Crippen LogP contribution in [0.5, 0.6) is 0 Å². The average molecular weight is 420 g/mol. The van der Waals surface area contributed by atoms with Gasteiger partial charge in [-0.2, -0.15) is 0 Å². The maximum Gasteiger partial charge on any atom is 0.338 e. The fourth-order valence-corrected chi connectivity index (χ4v) is 3.39. The molecule has 2 aromatic rings. The third-order valence-corrected chi connectivity index (χ3v) is 5.23. The molecule has 2 aromatic carbocycles. The number of esters is 1. The van der Waals surface area contributed by atoms with E-state index in [0.717, 1.165) is 9.37 Å². The van der Waals surface area contributed by atoms with Crippen LogP contribution in [0.2, 0.25) is 0 Å². The molecule has 0 saturated heterocycles. The van der Waals surface area contributed by atoms with E-state index in [1.165, 1.54) is 18.7 Å². The van der Waals surface area contributed by atoms with Gasteiger partial charge in [-0.3, -0.25) is 9.59 Å². The lowest BCUT2D eigenvalue weighted by atomic mass is 10.1. The highest BCUT2D eigenvalue weighted by molar-refractivity contribution is 9.10. The summed E-state index contributed by atoms with van der Waals surface area (Å²) in [6.07, 6.45) is -0.909. The number of carbonyl (C=O) groups is 3. The summed E-state index contributed by atoms with van der Waals surface area (Å²) in [4.78, 5) is 37.0. The van der Waals surface area contributed by atoms with E-state index in [2.05, 4.69) is 21.2 Å². The second kappa shape index (κ2) is 7.41. The van der Waals surface area contributed by atoms with Crippen LogP contribution in [0.25, 0.3) is 0 Å². The average Bonchev–Trinajstić information content (AvgIpc) is 2.61. The molecule has 0 aromatic heterocycles. The topological polar surface area (TPSA) is 72.5 Å². The van der Waals surface area contributed by atoms with Gasteiger partial charge in [0.15, 0.2) is 6.10 Å². The predicted molar refractivity (Wildman–Crippen MR) is 99.1 cm³/mol. The van der Waals surface area contributed by atoms with Crippen molar-refractivity contribution in [1.29, 1.82) is 0 Å². The Morgan fingerprint density at radius 2 is 1.84 bits per heavy atom. The van der Waals surface area contributed by atoms with Crippen molar-refractivity contribution in [3.63, 3.8) is 0 Å². The molecule has 1 heterocycles. The van der Waals surface area contributed by atoms with E-state index in [-0.39, 0.29) is 17.3 Å². The Labute approximate surface area is 157 Å². The molecule has 128 valence electrons. The van der Waals surface area contributed by atoms with Crippen LogP contribution in [-0.2, 0) is 9.53 Å². The zero-order valence-corrected chi connectivity index (χ0v) is 15.6. The van der Waals surface area contributed by atoms with Gasteiger partial charge in [0.25, 0.3) is 0 Å². The largest absolute Gasteiger partial charge is 0.451 e. The SMILES string of the molecule is CC(OC(=O)c1ccc2c(c1)NC(=O)CS2)C(=O)c1ccc(Br)cc1. The Morgan fingerprint density at radius 1 is 1.16 bits per heavy atom. The number of amides is 1. The summed E-state index contributed by atoms with van der Waals surface area (Å²) in [6.45, 7) is 1.54. The molecule has 5 nitrogen and oxygen atoms in total. The minimum Gasteiger partial charge on any atom is -0.451 e. The number of carbonyl (C=O) groups excluding carboxylic acids is 3. The minimum atomic E-state index is -0.909. The maximum atomic E-state index is 12.3. The molecule has 1 aliphatic heterocycles. The van der Waals surface area contributed by atoms with E-state index in [1.54, 1.807) is 42.5 Å². The molecule has 25 heavy (non-hydrogen) atoms. The highest BCUT2D eigenvalue weighted by Crippen LogP contribution is 2.32. The zero-order valence-electron chi connectivity index (χ0n) is 13.2. The van der Waals surface area contributed by atoms with Crippen LogP contribution in [0.1, 0.15) is 27.6 Å².